The molecule has 2 amide bonds. The molecule has 0 aromatic carbocycles. The zero-order valence-corrected chi connectivity index (χ0v) is 9.99. The van der Waals surface area contributed by atoms with E-state index in [1.807, 2.05) is 0 Å². The molecule has 0 rings (SSSR count). The number of rotatable bonds is 6. The maximum Gasteiger partial charge on any atom is 0.248 e. The fourth-order valence-corrected chi connectivity index (χ4v) is 1.02. The second kappa shape index (κ2) is 8.49. The lowest BCUT2D eigenvalue weighted by Gasteiger charge is -2.02. The maximum absolute atomic E-state index is 11.2. The minimum atomic E-state index is -0.405. The molecule has 0 saturated carbocycles. The fraction of sp³-hybridized carbons (Fsp3) is 0.455. The van der Waals surface area contributed by atoms with Crippen molar-refractivity contribution in [3.8, 4) is 0 Å². The number of allylic oxidation sites excluding steroid dienone is 2. The van der Waals surface area contributed by atoms with Crippen LogP contribution in [0, 0.1) is 0 Å². The Balaban J connectivity index is 4.28. The quantitative estimate of drug-likeness (QED) is 0.369. The summed E-state index contributed by atoms with van der Waals surface area (Å²) >= 11 is 0. The Bertz CT molecular complexity index is 302. The lowest BCUT2D eigenvalue weighted by Crippen LogP contribution is -2.25. The number of nitrogens with one attached hydrogen (secondary N) is 2. The molecule has 96 valence electrons. The Morgan fingerprint density at radius 2 is 1.29 bits per heavy atom. The Morgan fingerprint density at radius 1 is 0.941 bits per heavy atom. The lowest BCUT2D eigenvalue weighted by molar-refractivity contribution is -0.119. The SMILES string of the molecule is CC(=CCC=C(C)C(=O)NCO)C(=O)NCO. The molecule has 0 heterocycles. The van der Waals surface area contributed by atoms with Gasteiger partial charge in [0.25, 0.3) is 0 Å². The minimum Gasteiger partial charge on any atom is -0.376 e. The Labute approximate surface area is 100 Å². The Kier molecular flexibility index (Phi) is 7.66. The Hall–Kier alpha value is -1.66. The van der Waals surface area contributed by atoms with Gasteiger partial charge in [0.05, 0.1) is 0 Å². The van der Waals surface area contributed by atoms with Gasteiger partial charge in [-0.05, 0) is 20.3 Å². The van der Waals surface area contributed by atoms with Crippen molar-refractivity contribution in [2.75, 3.05) is 13.5 Å². The molecule has 0 bridgehead atoms. The van der Waals surface area contributed by atoms with Crippen LogP contribution in [0.2, 0.25) is 0 Å². The van der Waals surface area contributed by atoms with Crippen LogP contribution < -0.4 is 10.6 Å². The van der Waals surface area contributed by atoms with Crippen molar-refractivity contribution in [1.82, 2.24) is 10.6 Å². The lowest BCUT2D eigenvalue weighted by atomic mass is 10.2. The van der Waals surface area contributed by atoms with E-state index < -0.39 is 13.5 Å². The van der Waals surface area contributed by atoms with Gasteiger partial charge < -0.3 is 20.8 Å². The summed E-state index contributed by atoms with van der Waals surface area (Å²) in [6, 6.07) is 0. The van der Waals surface area contributed by atoms with Crippen molar-refractivity contribution in [2.45, 2.75) is 20.3 Å². The molecule has 0 aliphatic heterocycles. The summed E-state index contributed by atoms with van der Waals surface area (Å²) in [5.41, 5.74) is 0.927. The van der Waals surface area contributed by atoms with E-state index in [1.165, 1.54) is 0 Å². The first kappa shape index (κ1) is 15.3. The molecular weight excluding hydrogens is 224 g/mol. The van der Waals surface area contributed by atoms with Crippen molar-refractivity contribution >= 4 is 11.8 Å². The molecule has 0 fully saturated rings. The molecule has 0 radical (unpaired) electrons. The molecule has 6 heteroatoms. The highest BCUT2D eigenvalue weighted by Crippen LogP contribution is 2.00. The van der Waals surface area contributed by atoms with Crippen molar-refractivity contribution in [1.29, 1.82) is 0 Å². The predicted octanol–water partition coefficient (Wildman–Crippen LogP) is -0.599. The molecule has 0 spiro atoms. The summed E-state index contributed by atoms with van der Waals surface area (Å²) in [7, 11) is 0. The Morgan fingerprint density at radius 3 is 1.59 bits per heavy atom. The van der Waals surface area contributed by atoms with Crippen molar-refractivity contribution in [3.63, 3.8) is 0 Å². The van der Waals surface area contributed by atoms with Crippen LogP contribution in [0.5, 0.6) is 0 Å². The number of hydrogen-bond acceptors (Lipinski definition) is 4. The average molecular weight is 242 g/mol. The third-order valence-corrected chi connectivity index (χ3v) is 2.04. The zero-order valence-electron chi connectivity index (χ0n) is 9.99. The highest BCUT2D eigenvalue weighted by atomic mass is 16.3. The molecule has 6 nitrogen and oxygen atoms in total. The number of hydrogen-bond donors (Lipinski definition) is 4. The van der Waals surface area contributed by atoms with Gasteiger partial charge in [-0.2, -0.15) is 0 Å². The number of amides is 2. The maximum atomic E-state index is 11.2. The summed E-state index contributed by atoms with van der Waals surface area (Å²) in [5.74, 6) is -0.697. The van der Waals surface area contributed by atoms with Crippen LogP contribution in [0.1, 0.15) is 20.3 Å². The number of carbonyl (C=O) groups is 2. The molecule has 0 atom stereocenters. The number of carbonyl (C=O) groups excluding carboxylic acids is 2. The molecule has 4 N–H and O–H groups in total. The normalized spacial score (nSPS) is 12.2. The zero-order chi connectivity index (χ0) is 13.3. The van der Waals surface area contributed by atoms with Crippen LogP contribution in [0.4, 0.5) is 0 Å². The smallest absolute Gasteiger partial charge is 0.248 e. The van der Waals surface area contributed by atoms with Crippen LogP contribution in [-0.2, 0) is 9.59 Å². The van der Waals surface area contributed by atoms with E-state index in [1.54, 1.807) is 26.0 Å². The van der Waals surface area contributed by atoms with Crippen LogP contribution in [0.3, 0.4) is 0 Å². The van der Waals surface area contributed by atoms with Gasteiger partial charge >= 0.3 is 0 Å². The second-order valence-electron chi connectivity index (χ2n) is 3.34. The molecule has 0 aliphatic carbocycles. The van der Waals surface area contributed by atoms with Gasteiger partial charge in [-0.3, -0.25) is 9.59 Å². The topological polar surface area (TPSA) is 98.7 Å². The van der Waals surface area contributed by atoms with Crippen molar-refractivity contribution in [3.05, 3.63) is 23.3 Å². The third kappa shape index (κ3) is 6.49. The van der Waals surface area contributed by atoms with Crippen molar-refractivity contribution < 1.29 is 19.8 Å². The largest absolute Gasteiger partial charge is 0.376 e. The minimum absolute atomic E-state index is 0.349. The number of aliphatic hydroxyl groups is 2. The van der Waals surface area contributed by atoms with Gasteiger partial charge in [-0.15, -0.1) is 0 Å². The summed E-state index contributed by atoms with van der Waals surface area (Å²) in [6.45, 7) is 2.42. The molecule has 0 aromatic heterocycles. The summed E-state index contributed by atoms with van der Waals surface area (Å²) < 4.78 is 0. The third-order valence-electron chi connectivity index (χ3n) is 2.04. The van der Waals surface area contributed by atoms with Gasteiger partial charge in [-0.25, -0.2) is 0 Å². The van der Waals surface area contributed by atoms with E-state index in [2.05, 4.69) is 10.6 Å². The monoisotopic (exact) mass is 242 g/mol. The first-order valence-electron chi connectivity index (χ1n) is 5.14. The van der Waals surface area contributed by atoms with Gasteiger partial charge in [0.15, 0.2) is 0 Å². The van der Waals surface area contributed by atoms with Gasteiger partial charge in [-0.1, -0.05) is 12.2 Å². The van der Waals surface area contributed by atoms with Crippen LogP contribution >= 0.6 is 0 Å². The van der Waals surface area contributed by atoms with Crippen LogP contribution in [0.15, 0.2) is 23.3 Å². The first-order chi connectivity index (χ1) is 8.02. The molecule has 17 heavy (non-hydrogen) atoms. The van der Waals surface area contributed by atoms with Crippen molar-refractivity contribution in [2.24, 2.45) is 0 Å². The second-order valence-corrected chi connectivity index (χ2v) is 3.34. The van der Waals surface area contributed by atoms with E-state index >= 15 is 0 Å². The highest BCUT2D eigenvalue weighted by Gasteiger charge is 2.02. The first-order valence-corrected chi connectivity index (χ1v) is 5.14. The van der Waals surface area contributed by atoms with Crippen LogP contribution in [-0.4, -0.2) is 35.5 Å². The van der Waals surface area contributed by atoms with E-state index in [9.17, 15) is 9.59 Å². The van der Waals surface area contributed by atoms with E-state index in [0.29, 0.717) is 17.6 Å². The van der Waals surface area contributed by atoms with Crippen LogP contribution in [0.25, 0.3) is 0 Å². The van der Waals surface area contributed by atoms with Gasteiger partial charge in [0.2, 0.25) is 11.8 Å². The molecular formula is C11H18N2O4. The fourth-order valence-electron chi connectivity index (χ4n) is 1.02. The molecule has 0 unspecified atom stereocenters. The summed E-state index contributed by atoms with van der Waals surface area (Å²) in [5, 5.41) is 21.5. The number of aliphatic hydroxyl groups excluding tert-OH is 2. The van der Waals surface area contributed by atoms with E-state index in [0.717, 1.165) is 0 Å². The summed E-state index contributed by atoms with van der Waals surface area (Å²) in [6.07, 6.45) is 3.71. The molecule has 0 saturated heterocycles. The molecule has 0 aliphatic rings. The average Bonchev–Trinajstić information content (AvgIpc) is 2.29. The highest BCUT2D eigenvalue weighted by molar-refractivity contribution is 5.93. The van der Waals surface area contributed by atoms with E-state index in [-0.39, 0.29) is 11.8 Å². The standard InChI is InChI=1S/C11H18N2O4/c1-8(10(16)12-6-14)4-3-5-9(2)11(17)13-7-15/h4-5,14-15H,3,6-7H2,1-2H3,(H,12,16)(H,13,17). The summed E-state index contributed by atoms with van der Waals surface area (Å²) in [4.78, 5) is 22.4. The van der Waals surface area contributed by atoms with Gasteiger partial charge in [0, 0.05) is 11.1 Å². The molecule has 0 aromatic rings. The van der Waals surface area contributed by atoms with E-state index in [4.69, 9.17) is 10.2 Å². The van der Waals surface area contributed by atoms with Gasteiger partial charge in [0.1, 0.15) is 13.5 Å². The predicted molar refractivity (Wildman–Crippen MR) is 62.6 cm³/mol.